The second kappa shape index (κ2) is 3.78. The first-order chi connectivity index (χ1) is 8.23. The molecule has 0 saturated carbocycles. The van der Waals surface area contributed by atoms with E-state index in [-0.39, 0.29) is 10.6 Å². The van der Waals surface area contributed by atoms with Gasteiger partial charge in [0.1, 0.15) is 0 Å². The number of nitrogens with zero attached hydrogens (tertiary/aromatic N) is 1. The van der Waals surface area contributed by atoms with Gasteiger partial charge < -0.3 is 9.47 Å². The molecule has 0 radical (unpaired) electrons. The minimum Gasteiger partial charge on any atom is -0.343 e. The van der Waals surface area contributed by atoms with Crippen molar-refractivity contribution in [3.63, 3.8) is 0 Å². The van der Waals surface area contributed by atoms with Gasteiger partial charge in [0, 0.05) is 23.6 Å². The summed E-state index contributed by atoms with van der Waals surface area (Å²) >= 11 is 0. The number of nitro benzene ring substituents is 1. The standard InChI is InChI=1S/C12H13NO4/c14-13(15)11-5-1-4-10-9(11)3-2-6-12(10)16-7-8-17-12/h1,4-5H,2-3,6-8H2. The predicted molar refractivity (Wildman–Crippen MR) is 59.6 cm³/mol. The van der Waals surface area contributed by atoms with Crippen LogP contribution >= 0.6 is 0 Å². The molecule has 90 valence electrons. The first kappa shape index (κ1) is 10.7. The number of hydrogen-bond donors (Lipinski definition) is 0. The summed E-state index contributed by atoms with van der Waals surface area (Å²) in [5.41, 5.74) is 1.79. The van der Waals surface area contributed by atoms with Crippen molar-refractivity contribution in [2.45, 2.75) is 25.0 Å². The van der Waals surface area contributed by atoms with Crippen molar-refractivity contribution in [2.24, 2.45) is 0 Å². The molecule has 0 bridgehead atoms. The maximum Gasteiger partial charge on any atom is 0.273 e. The Morgan fingerprint density at radius 1 is 1.29 bits per heavy atom. The quantitative estimate of drug-likeness (QED) is 0.552. The van der Waals surface area contributed by atoms with Gasteiger partial charge in [-0.05, 0) is 12.8 Å². The Balaban J connectivity index is 2.15. The molecule has 1 aromatic rings. The molecule has 1 fully saturated rings. The number of ether oxygens (including phenoxy) is 2. The third kappa shape index (κ3) is 1.54. The van der Waals surface area contributed by atoms with Crippen molar-refractivity contribution in [1.29, 1.82) is 0 Å². The van der Waals surface area contributed by atoms with E-state index in [9.17, 15) is 10.1 Å². The van der Waals surface area contributed by atoms with E-state index in [1.54, 1.807) is 12.1 Å². The van der Waals surface area contributed by atoms with Crippen molar-refractivity contribution >= 4 is 5.69 Å². The van der Waals surface area contributed by atoms with Crippen LogP contribution in [-0.4, -0.2) is 18.1 Å². The van der Waals surface area contributed by atoms with Gasteiger partial charge in [0.25, 0.3) is 5.69 Å². The molecule has 17 heavy (non-hydrogen) atoms. The second-order valence-corrected chi connectivity index (χ2v) is 4.36. The average molecular weight is 235 g/mol. The maximum atomic E-state index is 11.0. The van der Waals surface area contributed by atoms with E-state index >= 15 is 0 Å². The molecular weight excluding hydrogens is 222 g/mol. The number of benzene rings is 1. The Bertz CT molecular complexity index is 466. The Labute approximate surface area is 98.5 Å². The van der Waals surface area contributed by atoms with E-state index in [1.807, 2.05) is 6.07 Å². The fourth-order valence-corrected chi connectivity index (χ4v) is 2.75. The van der Waals surface area contributed by atoms with Crippen LogP contribution in [0.5, 0.6) is 0 Å². The van der Waals surface area contributed by atoms with Crippen molar-refractivity contribution < 1.29 is 14.4 Å². The molecule has 2 aliphatic rings. The SMILES string of the molecule is O=[N+]([O-])c1cccc2c1CCCC21OCCO1. The Hall–Kier alpha value is -1.46. The molecule has 0 amide bonds. The summed E-state index contributed by atoms with van der Waals surface area (Å²) in [6, 6.07) is 5.13. The molecule has 3 rings (SSSR count). The Morgan fingerprint density at radius 2 is 2.06 bits per heavy atom. The molecular formula is C12H13NO4. The van der Waals surface area contributed by atoms with E-state index in [0.29, 0.717) is 13.2 Å². The van der Waals surface area contributed by atoms with Crippen molar-refractivity contribution in [3.8, 4) is 0 Å². The van der Waals surface area contributed by atoms with Gasteiger partial charge in [0.2, 0.25) is 0 Å². The number of fused-ring (bicyclic) bond motifs is 2. The average Bonchev–Trinajstić information content (AvgIpc) is 2.78. The highest BCUT2D eigenvalue weighted by Gasteiger charge is 2.43. The monoisotopic (exact) mass is 235 g/mol. The lowest BCUT2D eigenvalue weighted by molar-refractivity contribution is -0.386. The van der Waals surface area contributed by atoms with Crippen LogP contribution in [0.2, 0.25) is 0 Å². The van der Waals surface area contributed by atoms with Crippen LogP contribution in [0.3, 0.4) is 0 Å². The lowest BCUT2D eigenvalue weighted by atomic mass is 9.85. The molecule has 1 aliphatic heterocycles. The lowest BCUT2D eigenvalue weighted by Crippen LogP contribution is -2.32. The molecule has 0 atom stereocenters. The smallest absolute Gasteiger partial charge is 0.273 e. The molecule has 1 spiro atoms. The van der Waals surface area contributed by atoms with Crippen LogP contribution in [0.1, 0.15) is 24.0 Å². The summed E-state index contributed by atoms with van der Waals surface area (Å²) in [6.07, 6.45) is 2.36. The summed E-state index contributed by atoms with van der Waals surface area (Å²) in [4.78, 5) is 10.7. The van der Waals surface area contributed by atoms with Crippen LogP contribution in [0.25, 0.3) is 0 Å². The molecule has 1 heterocycles. The highest BCUT2D eigenvalue weighted by molar-refractivity contribution is 5.48. The van der Waals surface area contributed by atoms with Gasteiger partial charge >= 0.3 is 0 Å². The minimum atomic E-state index is -0.723. The first-order valence-corrected chi connectivity index (χ1v) is 5.78. The second-order valence-electron chi connectivity index (χ2n) is 4.36. The third-order valence-corrected chi connectivity index (χ3v) is 3.44. The third-order valence-electron chi connectivity index (χ3n) is 3.44. The van der Waals surface area contributed by atoms with Crippen molar-refractivity contribution in [2.75, 3.05) is 13.2 Å². The summed E-state index contributed by atoms with van der Waals surface area (Å²) in [5, 5.41) is 11.0. The largest absolute Gasteiger partial charge is 0.343 e. The molecule has 0 unspecified atom stereocenters. The summed E-state index contributed by atoms with van der Waals surface area (Å²) in [7, 11) is 0. The topological polar surface area (TPSA) is 61.6 Å². The Kier molecular flexibility index (Phi) is 2.38. The fourth-order valence-electron chi connectivity index (χ4n) is 2.75. The normalized spacial score (nSPS) is 21.4. The van der Waals surface area contributed by atoms with E-state index in [0.717, 1.165) is 30.4 Å². The molecule has 0 aromatic heterocycles. The molecule has 0 N–H and O–H groups in total. The zero-order valence-corrected chi connectivity index (χ0v) is 9.35. The van der Waals surface area contributed by atoms with Crippen LogP contribution < -0.4 is 0 Å². The lowest BCUT2D eigenvalue weighted by Gasteiger charge is -2.33. The highest BCUT2D eigenvalue weighted by atomic mass is 16.7. The molecule has 5 nitrogen and oxygen atoms in total. The van der Waals surface area contributed by atoms with E-state index < -0.39 is 5.79 Å². The van der Waals surface area contributed by atoms with Gasteiger partial charge in [-0.25, -0.2) is 0 Å². The van der Waals surface area contributed by atoms with Gasteiger partial charge in [-0.2, -0.15) is 0 Å². The van der Waals surface area contributed by atoms with Crippen LogP contribution in [0.15, 0.2) is 18.2 Å². The number of hydrogen-bond acceptors (Lipinski definition) is 4. The van der Waals surface area contributed by atoms with Gasteiger partial charge in [0.05, 0.1) is 18.1 Å². The first-order valence-electron chi connectivity index (χ1n) is 5.78. The summed E-state index contributed by atoms with van der Waals surface area (Å²) < 4.78 is 11.4. The van der Waals surface area contributed by atoms with Gasteiger partial charge in [-0.1, -0.05) is 12.1 Å². The van der Waals surface area contributed by atoms with Crippen LogP contribution in [-0.2, 0) is 21.7 Å². The molecule has 1 aliphatic carbocycles. The zero-order valence-electron chi connectivity index (χ0n) is 9.35. The van der Waals surface area contributed by atoms with Crippen LogP contribution in [0, 0.1) is 10.1 Å². The fraction of sp³-hybridized carbons (Fsp3) is 0.500. The minimum absolute atomic E-state index is 0.181. The van der Waals surface area contributed by atoms with Gasteiger partial charge in [0.15, 0.2) is 5.79 Å². The Morgan fingerprint density at radius 3 is 2.76 bits per heavy atom. The molecule has 1 saturated heterocycles. The zero-order chi connectivity index (χ0) is 11.9. The summed E-state index contributed by atoms with van der Waals surface area (Å²) in [5.74, 6) is -0.723. The van der Waals surface area contributed by atoms with E-state index in [2.05, 4.69) is 0 Å². The predicted octanol–water partition coefficient (Wildman–Crippen LogP) is 2.13. The van der Waals surface area contributed by atoms with E-state index in [4.69, 9.17) is 9.47 Å². The number of nitro groups is 1. The molecule has 5 heteroatoms. The maximum absolute atomic E-state index is 11.0. The van der Waals surface area contributed by atoms with Gasteiger partial charge in [-0.15, -0.1) is 0 Å². The molecule has 1 aromatic carbocycles. The van der Waals surface area contributed by atoms with Crippen molar-refractivity contribution in [1.82, 2.24) is 0 Å². The van der Waals surface area contributed by atoms with E-state index in [1.165, 1.54) is 0 Å². The summed E-state index contributed by atoms with van der Waals surface area (Å²) in [6.45, 7) is 1.12. The van der Waals surface area contributed by atoms with Crippen LogP contribution in [0.4, 0.5) is 5.69 Å². The van der Waals surface area contributed by atoms with Gasteiger partial charge in [-0.3, -0.25) is 10.1 Å². The van der Waals surface area contributed by atoms with Crippen molar-refractivity contribution in [3.05, 3.63) is 39.4 Å². The number of rotatable bonds is 1. The highest BCUT2D eigenvalue weighted by Crippen LogP contribution is 2.44.